The van der Waals surface area contributed by atoms with E-state index in [4.69, 9.17) is 11.6 Å². The molecule has 0 atom stereocenters. The Morgan fingerprint density at radius 1 is 1.35 bits per heavy atom. The first kappa shape index (κ1) is 15.5. The largest absolute Gasteiger partial charge is 0.363 e. The van der Waals surface area contributed by atoms with E-state index in [-0.39, 0.29) is 5.91 Å². The molecule has 0 bridgehead atoms. The Labute approximate surface area is 142 Å². The van der Waals surface area contributed by atoms with Crippen LogP contribution in [-0.2, 0) is 11.3 Å². The molecule has 0 spiro atoms. The van der Waals surface area contributed by atoms with Crippen molar-refractivity contribution < 1.29 is 4.79 Å². The summed E-state index contributed by atoms with van der Waals surface area (Å²) in [6.45, 7) is 1.98. The maximum absolute atomic E-state index is 11.0. The van der Waals surface area contributed by atoms with Crippen LogP contribution in [0.3, 0.4) is 0 Å². The number of nitrogens with zero attached hydrogens (tertiary/aromatic N) is 3. The monoisotopic (exact) mass is 347 g/mol. The Hall–Kier alpha value is -2.38. The van der Waals surface area contributed by atoms with Crippen LogP contribution in [0.5, 0.6) is 0 Å². The average Bonchev–Trinajstić information content (AvgIpc) is 3.14. The van der Waals surface area contributed by atoms with E-state index in [2.05, 4.69) is 20.7 Å². The number of amides is 1. The zero-order valence-corrected chi connectivity index (χ0v) is 13.9. The molecule has 1 aromatic carbocycles. The maximum Gasteiger partial charge on any atom is 0.223 e. The lowest BCUT2D eigenvalue weighted by Crippen LogP contribution is -2.06. The van der Waals surface area contributed by atoms with Crippen molar-refractivity contribution in [2.24, 2.45) is 0 Å². The lowest BCUT2D eigenvalue weighted by molar-refractivity contribution is -0.114. The van der Waals surface area contributed by atoms with Gasteiger partial charge in [-0.2, -0.15) is 5.10 Å². The number of thiazole rings is 1. The van der Waals surface area contributed by atoms with Crippen molar-refractivity contribution in [1.82, 2.24) is 14.8 Å². The van der Waals surface area contributed by atoms with Crippen molar-refractivity contribution in [3.8, 4) is 5.69 Å². The van der Waals surface area contributed by atoms with Crippen molar-refractivity contribution >= 4 is 39.8 Å². The predicted octanol–water partition coefficient (Wildman–Crippen LogP) is 3.55. The molecule has 0 saturated carbocycles. The molecule has 0 radical (unpaired) electrons. The number of hydrogen-bond acceptors (Lipinski definition) is 5. The van der Waals surface area contributed by atoms with Crippen LogP contribution >= 0.6 is 22.9 Å². The summed E-state index contributed by atoms with van der Waals surface area (Å²) in [5.41, 5.74) is 1.66. The van der Waals surface area contributed by atoms with Crippen molar-refractivity contribution in [2.75, 3.05) is 10.6 Å². The number of benzene rings is 1. The molecule has 23 heavy (non-hydrogen) atoms. The van der Waals surface area contributed by atoms with Gasteiger partial charge in [0.2, 0.25) is 5.91 Å². The van der Waals surface area contributed by atoms with Crippen LogP contribution in [0.25, 0.3) is 5.69 Å². The van der Waals surface area contributed by atoms with Crippen LogP contribution in [0, 0.1) is 0 Å². The SMILES string of the molecule is CC(=O)Nc1nc(CNc2ccn(-c3ccccc3Cl)n2)cs1. The fraction of sp³-hybridized carbons (Fsp3) is 0.133. The van der Waals surface area contributed by atoms with Gasteiger partial charge in [0.05, 0.1) is 22.9 Å². The van der Waals surface area contributed by atoms with Gasteiger partial charge in [0.25, 0.3) is 0 Å². The number of carbonyl (C=O) groups excluding carboxylic acids is 1. The number of para-hydroxylation sites is 1. The van der Waals surface area contributed by atoms with Crippen LogP contribution in [0.15, 0.2) is 41.9 Å². The highest BCUT2D eigenvalue weighted by Gasteiger charge is 2.06. The number of carbonyl (C=O) groups is 1. The molecule has 3 aromatic rings. The van der Waals surface area contributed by atoms with Crippen LogP contribution in [0.4, 0.5) is 10.9 Å². The molecule has 6 nitrogen and oxygen atoms in total. The fourth-order valence-corrected chi connectivity index (χ4v) is 2.95. The number of hydrogen-bond donors (Lipinski definition) is 2. The van der Waals surface area contributed by atoms with Crippen LogP contribution in [-0.4, -0.2) is 20.7 Å². The molecule has 2 heterocycles. The smallest absolute Gasteiger partial charge is 0.223 e. The summed E-state index contributed by atoms with van der Waals surface area (Å²) in [6.07, 6.45) is 1.84. The molecule has 0 aliphatic rings. The molecular weight excluding hydrogens is 334 g/mol. The minimum atomic E-state index is -0.127. The highest BCUT2D eigenvalue weighted by atomic mass is 35.5. The van der Waals surface area contributed by atoms with Gasteiger partial charge in [0, 0.05) is 24.6 Å². The summed E-state index contributed by atoms with van der Waals surface area (Å²) < 4.78 is 1.72. The first-order valence-corrected chi connectivity index (χ1v) is 8.14. The van der Waals surface area contributed by atoms with E-state index in [0.29, 0.717) is 16.7 Å². The molecule has 0 unspecified atom stereocenters. The molecule has 1 amide bonds. The van der Waals surface area contributed by atoms with E-state index in [0.717, 1.165) is 17.2 Å². The topological polar surface area (TPSA) is 71.8 Å². The fourth-order valence-electron chi connectivity index (χ4n) is 1.97. The molecule has 0 saturated heterocycles. The third-order valence-electron chi connectivity index (χ3n) is 2.97. The van der Waals surface area contributed by atoms with Gasteiger partial charge in [-0.15, -0.1) is 11.3 Å². The Morgan fingerprint density at radius 2 is 2.17 bits per heavy atom. The number of rotatable bonds is 5. The molecule has 8 heteroatoms. The molecule has 0 aliphatic carbocycles. The zero-order chi connectivity index (χ0) is 16.2. The van der Waals surface area contributed by atoms with Crippen molar-refractivity contribution in [1.29, 1.82) is 0 Å². The normalized spacial score (nSPS) is 10.5. The number of aromatic nitrogens is 3. The van der Waals surface area contributed by atoms with Crippen LogP contribution in [0.1, 0.15) is 12.6 Å². The van der Waals surface area contributed by atoms with Crippen molar-refractivity contribution in [3.05, 3.63) is 52.6 Å². The first-order chi connectivity index (χ1) is 11.1. The third-order valence-corrected chi connectivity index (χ3v) is 4.10. The van der Waals surface area contributed by atoms with Gasteiger partial charge in [0.15, 0.2) is 5.13 Å². The van der Waals surface area contributed by atoms with Gasteiger partial charge in [-0.3, -0.25) is 4.79 Å². The molecule has 3 rings (SSSR count). The summed E-state index contributed by atoms with van der Waals surface area (Å²) in [7, 11) is 0. The Balaban J connectivity index is 1.64. The first-order valence-electron chi connectivity index (χ1n) is 6.88. The second-order valence-electron chi connectivity index (χ2n) is 4.78. The van der Waals surface area contributed by atoms with E-state index in [9.17, 15) is 4.79 Å². The summed E-state index contributed by atoms with van der Waals surface area (Å²) in [5.74, 6) is 0.594. The zero-order valence-electron chi connectivity index (χ0n) is 12.3. The minimum absolute atomic E-state index is 0.127. The predicted molar refractivity (Wildman–Crippen MR) is 92.3 cm³/mol. The third kappa shape index (κ3) is 3.88. The van der Waals surface area contributed by atoms with Crippen molar-refractivity contribution in [2.45, 2.75) is 13.5 Å². The highest BCUT2D eigenvalue weighted by molar-refractivity contribution is 7.13. The summed E-state index contributed by atoms with van der Waals surface area (Å²) in [4.78, 5) is 15.3. The van der Waals surface area contributed by atoms with Crippen LogP contribution in [0.2, 0.25) is 5.02 Å². The molecule has 2 aromatic heterocycles. The lowest BCUT2D eigenvalue weighted by Gasteiger charge is -2.03. The maximum atomic E-state index is 11.0. The van der Waals surface area contributed by atoms with Gasteiger partial charge in [-0.25, -0.2) is 9.67 Å². The van der Waals surface area contributed by atoms with Gasteiger partial charge >= 0.3 is 0 Å². The van der Waals surface area contributed by atoms with Crippen molar-refractivity contribution in [3.63, 3.8) is 0 Å². The quantitative estimate of drug-likeness (QED) is 0.740. The second kappa shape index (κ2) is 6.80. The van der Waals surface area contributed by atoms with E-state index < -0.39 is 0 Å². The van der Waals surface area contributed by atoms with Gasteiger partial charge in [-0.1, -0.05) is 23.7 Å². The number of nitrogens with one attached hydrogen (secondary N) is 2. The highest BCUT2D eigenvalue weighted by Crippen LogP contribution is 2.20. The van der Waals surface area contributed by atoms with Crippen LogP contribution < -0.4 is 10.6 Å². The Bertz CT molecular complexity index is 829. The number of halogens is 1. The van der Waals surface area contributed by atoms with Gasteiger partial charge in [-0.05, 0) is 12.1 Å². The molecule has 118 valence electrons. The minimum Gasteiger partial charge on any atom is -0.363 e. The molecule has 2 N–H and O–H groups in total. The standard InChI is InChI=1S/C15H14ClN5OS/c1-10(22)18-15-19-11(9-23-15)8-17-14-6-7-21(20-14)13-5-3-2-4-12(13)16/h2-7,9H,8H2,1H3,(H,17,20)(H,18,19,22). The van der Waals surface area contributed by atoms with E-state index >= 15 is 0 Å². The summed E-state index contributed by atoms with van der Waals surface area (Å²) in [5, 5.41) is 13.4. The van der Waals surface area contributed by atoms with Gasteiger partial charge < -0.3 is 10.6 Å². The average molecular weight is 348 g/mol. The van der Waals surface area contributed by atoms with E-state index in [1.165, 1.54) is 18.3 Å². The number of anilines is 2. The molecular formula is C15H14ClN5OS. The van der Waals surface area contributed by atoms with E-state index in [1.807, 2.05) is 41.9 Å². The van der Waals surface area contributed by atoms with E-state index in [1.54, 1.807) is 4.68 Å². The Morgan fingerprint density at radius 3 is 2.96 bits per heavy atom. The molecule has 0 aliphatic heterocycles. The Kier molecular flexibility index (Phi) is 4.59. The molecule has 0 fully saturated rings. The lowest BCUT2D eigenvalue weighted by atomic mass is 10.3. The summed E-state index contributed by atoms with van der Waals surface area (Å²) >= 11 is 7.55. The summed E-state index contributed by atoms with van der Waals surface area (Å²) in [6, 6.07) is 9.38. The van der Waals surface area contributed by atoms with Gasteiger partial charge in [0.1, 0.15) is 5.82 Å². The second-order valence-corrected chi connectivity index (χ2v) is 6.04.